The fourth-order valence-corrected chi connectivity index (χ4v) is 2.95. The molecule has 1 aliphatic heterocycles. The zero-order valence-corrected chi connectivity index (χ0v) is 16.5. The zero-order chi connectivity index (χ0) is 21.9. The molecule has 9 heteroatoms. The van der Waals surface area contributed by atoms with Crippen LogP contribution >= 0.6 is 0 Å². The summed E-state index contributed by atoms with van der Waals surface area (Å²) in [5.41, 5.74) is -0.586. The number of anilines is 2. The number of Topliss-reactive ketones (excluding diaryl/α,β-unsaturated/α-hetero) is 1. The topological polar surface area (TPSA) is 67.9 Å². The highest BCUT2D eigenvalue weighted by Crippen LogP contribution is 2.37. The Morgan fingerprint density at radius 2 is 1.70 bits per heavy atom. The third-order valence-electron chi connectivity index (χ3n) is 4.54. The zero-order valence-electron chi connectivity index (χ0n) is 16.5. The summed E-state index contributed by atoms with van der Waals surface area (Å²) in [6, 6.07) is 8.37. The fourth-order valence-electron chi connectivity index (χ4n) is 2.95. The first-order chi connectivity index (χ1) is 14.1. The van der Waals surface area contributed by atoms with E-state index >= 15 is 0 Å². The van der Waals surface area contributed by atoms with Crippen molar-refractivity contribution in [3.05, 3.63) is 47.5 Å². The van der Waals surface area contributed by atoms with E-state index in [4.69, 9.17) is 9.47 Å². The van der Waals surface area contributed by atoms with Crippen molar-refractivity contribution in [1.82, 2.24) is 0 Å². The lowest BCUT2D eigenvalue weighted by Crippen LogP contribution is -2.19. The maximum atomic E-state index is 13.4. The number of alkyl halides is 3. The second kappa shape index (κ2) is 8.64. The van der Waals surface area contributed by atoms with E-state index in [1.54, 1.807) is 26.2 Å². The number of ether oxygens (including phenoxy) is 2. The molecule has 6 nitrogen and oxygen atoms in total. The van der Waals surface area contributed by atoms with Crippen molar-refractivity contribution < 1.29 is 32.2 Å². The van der Waals surface area contributed by atoms with Crippen LogP contribution in [0.2, 0.25) is 0 Å². The van der Waals surface area contributed by atoms with Gasteiger partial charge in [0.05, 0.1) is 11.3 Å². The van der Waals surface area contributed by atoms with E-state index in [1.165, 1.54) is 23.1 Å². The minimum Gasteiger partial charge on any atom is -0.486 e. The average Bonchev–Trinajstić information content (AvgIpc) is 2.71. The van der Waals surface area contributed by atoms with Crippen molar-refractivity contribution in [2.45, 2.75) is 19.0 Å². The summed E-state index contributed by atoms with van der Waals surface area (Å²) in [5.74, 6) is -0.00568. The summed E-state index contributed by atoms with van der Waals surface area (Å²) >= 11 is 0. The number of nitrogens with zero attached hydrogens (tertiary/aromatic N) is 1. The Bertz CT molecular complexity index is 958. The van der Waals surface area contributed by atoms with Crippen LogP contribution in [-0.2, 0) is 11.0 Å². The summed E-state index contributed by atoms with van der Waals surface area (Å²) in [5, 5.41) is 2.27. The highest BCUT2D eigenvalue weighted by molar-refractivity contribution is 6.00. The van der Waals surface area contributed by atoms with Gasteiger partial charge < -0.3 is 19.7 Å². The van der Waals surface area contributed by atoms with Crippen molar-refractivity contribution in [3.8, 4) is 11.5 Å². The average molecular weight is 422 g/mol. The molecule has 30 heavy (non-hydrogen) atoms. The van der Waals surface area contributed by atoms with E-state index in [9.17, 15) is 22.8 Å². The molecule has 2 aromatic carbocycles. The van der Waals surface area contributed by atoms with Crippen molar-refractivity contribution in [2.75, 3.05) is 37.5 Å². The number of hydrogen-bond donors (Lipinski definition) is 1. The molecule has 1 heterocycles. The Morgan fingerprint density at radius 1 is 1.00 bits per heavy atom. The van der Waals surface area contributed by atoms with E-state index in [2.05, 4.69) is 5.32 Å². The molecule has 1 aliphatic rings. The van der Waals surface area contributed by atoms with E-state index in [0.717, 1.165) is 6.07 Å². The van der Waals surface area contributed by atoms with Crippen molar-refractivity contribution in [2.24, 2.45) is 0 Å². The van der Waals surface area contributed by atoms with Gasteiger partial charge in [-0.1, -0.05) is 0 Å². The van der Waals surface area contributed by atoms with E-state index in [1.807, 2.05) is 0 Å². The van der Waals surface area contributed by atoms with Gasteiger partial charge in [0.15, 0.2) is 17.3 Å². The number of halogens is 3. The summed E-state index contributed by atoms with van der Waals surface area (Å²) in [7, 11) is 3.24. The normalized spacial score (nSPS) is 13.0. The Morgan fingerprint density at radius 3 is 2.37 bits per heavy atom. The second-order valence-corrected chi connectivity index (χ2v) is 6.95. The maximum absolute atomic E-state index is 13.4. The third-order valence-corrected chi connectivity index (χ3v) is 4.54. The Balaban J connectivity index is 1.65. The lowest BCUT2D eigenvalue weighted by atomic mass is 10.1. The maximum Gasteiger partial charge on any atom is 0.418 e. The quantitative estimate of drug-likeness (QED) is 0.709. The molecule has 0 unspecified atom stereocenters. The van der Waals surface area contributed by atoms with Gasteiger partial charge in [-0.25, -0.2) is 0 Å². The van der Waals surface area contributed by atoms with Gasteiger partial charge in [0.2, 0.25) is 5.91 Å². The van der Waals surface area contributed by atoms with E-state index in [-0.39, 0.29) is 24.3 Å². The minimum atomic E-state index is -4.63. The number of benzene rings is 2. The van der Waals surface area contributed by atoms with Gasteiger partial charge in [0, 0.05) is 38.2 Å². The molecule has 160 valence electrons. The molecule has 1 N–H and O–H groups in total. The number of rotatable bonds is 6. The molecule has 0 saturated carbocycles. The van der Waals surface area contributed by atoms with Gasteiger partial charge in [-0.3, -0.25) is 9.59 Å². The van der Waals surface area contributed by atoms with Crippen LogP contribution < -0.4 is 19.7 Å². The number of carbonyl (C=O) groups is 2. The monoisotopic (exact) mass is 422 g/mol. The molecule has 0 aromatic heterocycles. The number of hydrogen-bond acceptors (Lipinski definition) is 5. The molecular weight excluding hydrogens is 401 g/mol. The minimum absolute atomic E-state index is 0.150. The van der Waals surface area contributed by atoms with Gasteiger partial charge in [-0.2, -0.15) is 13.2 Å². The molecule has 0 spiro atoms. The van der Waals surface area contributed by atoms with Crippen LogP contribution in [-0.4, -0.2) is 39.0 Å². The van der Waals surface area contributed by atoms with E-state index < -0.39 is 17.6 Å². The van der Waals surface area contributed by atoms with Crippen LogP contribution in [0.5, 0.6) is 11.5 Å². The smallest absolute Gasteiger partial charge is 0.418 e. The van der Waals surface area contributed by atoms with Crippen LogP contribution in [0.3, 0.4) is 0 Å². The summed E-state index contributed by atoms with van der Waals surface area (Å²) in [6.07, 6.45) is -5.03. The van der Waals surface area contributed by atoms with E-state index in [0.29, 0.717) is 36.0 Å². The number of amides is 1. The van der Waals surface area contributed by atoms with Crippen molar-refractivity contribution in [1.29, 1.82) is 0 Å². The summed E-state index contributed by atoms with van der Waals surface area (Å²) < 4.78 is 50.9. The number of nitrogens with one attached hydrogen (secondary N) is 1. The van der Waals surface area contributed by atoms with Crippen LogP contribution in [0, 0.1) is 0 Å². The number of carbonyl (C=O) groups excluding carboxylic acids is 2. The Hall–Kier alpha value is -3.23. The molecule has 1 amide bonds. The predicted molar refractivity (Wildman–Crippen MR) is 105 cm³/mol. The van der Waals surface area contributed by atoms with Gasteiger partial charge in [0.1, 0.15) is 13.2 Å². The van der Waals surface area contributed by atoms with Crippen molar-refractivity contribution in [3.63, 3.8) is 0 Å². The summed E-state index contributed by atoms with van der Waals surface area (Å²) in [6.45, 7) is 0.803. The number of ketones is 1. The van der Waals surface area contributed by atoms with Crippen LogP contribution in [0.1, 0.15) is 28.8 Å². The van der Waals surface area contributed by atoms with Gasteiger partial charge in [-0.05, 0) is 36.4 Å². The van der Waals surface area contributed by atoms with Crippen molar-refractivity contribution >= 4 is 23.1 Å². The van der Waals surface area contributed by atoms with Crippen LogP contribution in [0.25, 0.3) is 0 Å². The SMILES string of the molecule is CN(C)c1ccc(NC(=O)CCC(=O)c2ccc3c(c2)OCCO3)c(C(F)(F)F)c1. The van der Waals surface area contributed by atoms with Gasteiger partial charge >= 0.3 is 6.18 Å². The highest BCUT2D eigenvalue weighted by Gasteiger charge is 2.34. The molecular formula is C21H21F3N2O4. The first-order valence-corrected chi connectivity index (χ1v) is 9.26. The molecule has 0 aliphatic carbocycles. The fraction of sp³-hybridized carbons (Fsp3) is 0.333. The molecule has 2 aromatic rings. The first-order valence-electron chi connectivity index (χ1n) is 9.26. The van der Waals surface area contributed by atoms with Gasteiger partial charge in [-0.15, -0.1) is 0 Å². The highest BCUT2D eigenvalue weighted by atomic mass is 19.4. The lowest BCUT2D eigenvalue weighted by molar-refractivity contribution is -0.136. The Labute approximate surface area is 171 Å². The standard InChI is InChI=1S/C21H21F3N2O4/c1-26(2)14-4-5-16(15(12-14)21(22,23)24)25-20(28)8-6-17(27)13-3-7-18-19(11-13)30-10-9-29-18/h3-5,7,11-12H,6,8-10H2,1-2H3,(H,25,28). The van der Waals surface area contributed by atoms with Crippen LogP contribution in [0.4, 0.5) is 24.5 Å². The molecule has 0 radical (unpaired) electrons. The predicted octanol–water partition coefficient (Wildman–Crippen LogP) is 4.14. The molecule has 0 fully saturated rings. The summed E-state index contributed by atoms with van der Waals surface area (Å²) in [4.78, 5) is 26.1. The largest absolute Gasteiger partial charge is 0.486 e. The Kier molecular flexibility index (Phi) is 6.19. The number of fused-ring (bicyclic) bond motifs is 1. The lowest BCUT2D eigenvalue weighted by Gasteiger charge is -2.19. The van der Waals surface area contributed by atoms with Crippen LogP contribution in [0.15, 0.2) is 36.4 Å². The van der Waals surface area contributed by atoms with Gasteiger partial charge in [0.25, 0.3) is 0 Å². The molecule has 3 rings (SSSR count). The molecule has 0 atom stereocenters. The second-order valence-electron chi connectivity index (χ2n) is 6.95. The molecule has 0 bridgehead atoms. The molecule has 0 saturated heterocycles. The third kappa shape index (κ3) is 5.03. The first kappa shape index (κ1) is 21.5.